The number of hydrogen-bond donors (Lipinski definition) is 2. The second-order valence-electron chi connectivity index (χ2n) is 7.02. The van der Waals surface area contributed by atoms with Crippen LogP contribution in [0.4, 0.5) is 11.4 Å². The minimum atomic E-state index is -0.115. The highest BCUT2D eigenvalue weighted by molar-refractivity contribution is 5.91. The van der Waals surface area contributed by atoms with Crippen molar-refractivity contribution >= 4 is 17.3 Å². The first-order valence-corrected chi connectivity index (χ1v) is 7.61. The van der Waals surface area contributed by atoms with Crippen LogP contribution in [0.1, 0.15) is 40.0 Å². The summed E-state index contributed by atoms with van der Waals surface area (Å²) in [7, 11) is 0. The molecule has 21 heavy (non-hydrogen) atoms. The summed E-state index contributed by atoms with van der Waals surface area (Å²) in [4.78, 5) is 11.9. The topological polar surface area (TPSA) is 64.3 Å². The molecule has 116 valence electrons. The molecule has 0 bridgehead atoms. The number of nitrogen functional groups attached to an aromatic ring is 1. The van der Waals surface area contributed by atoms with Gasteiger partial charge in [-0.05, 0) is 54.9 Å². The number of benzene rings is 1. The van der Waals surface area contributed by atoms with Crippen LogP contribution in [0, 0.1) is 11.3 Å². The van der Waals surface area contributed by atoms with Crippen molar-refractivity contribution in [1.29, 1.82) is 0 Å². The van der Waals surface area contributed by atoms with Gasteiger partial charge in [0.15, 0.2) is 0 Å². The lowest BCUT2D eigenvalue weighted by Crippen LogP contribution is -2.34. The number of hydrogen-bond acceptors (Lipinski definition) is 3. The molecule has 2 unspecified atom stereocenters. The molecule has 0 spiro atoms. The Hall–Kier alpha value is -1.55. The number of anilines is 2. The van der Waals surface area contributed by atoms with Crippen molar-refractivity contribution in [2.45, 2.75) is 46.1 Å². The van der Waals surface area contributed by atoms with Crippen LogP contribution in [0.15, 0.2) is 24.3 Å². The standard InChI is InChI=1S/C17H26N2O2/c1-12-8-15(10-17(2,3)9-12)21-11-16(20)19-14-6-4-13(18)5-7-14/h4-7,12,15H,8-11,18H2,1-3H3,(H,19,20). The predicted octanol–water partition coefficient (Wildman–Crippen LogP) is 3.44. The molecule has 1 fully saturated rings. The summed E-state index contributed by atoms with van der Waals surface area (Å²) in [5.41, 5.74) is 7.34. The van der Waals surface area contributed by atoms with Crippen LogP contribution in [-0.4, -0.2) is 18.6 Å². The van der Waals surface area contributed by atoms with E-state index in [0.29, 0.717) is 17.0 Å². The Morgan fingerprint density at radius 3 is 2.62 bits per heavy atom. The zero-order chi connectivity index (χ0) is 15.5. The lowest BCUT2D eigenvalue weighted by atomic mass is 9.71. The third-order valence-electron chi connectivity index (χ3n) is 3.99. The molecule has 1 aliphatic rings. The quantitative estimate of drug-likeness (QED) is 0.835. The summed E-state index contributed by atoms with van der Waals surface area (Å²) < 4.78 is 5.81. The van der Waals surface area contributed by atoms with Gasteiger partial charge < -0.3 is 15.8 Å². The van der Waals surface area contributed by atoms with Crippen molar-refractivity contribution in [2.75, 3.05) is 17.7 Å². The van der Waals surface area contributed by atoms with Crippen LogP contribution in [0.2, 0.25) is 0 Å². The SMILES string of the molecule is CC1CC(OCC(=O)Nc2ccc(N)cc2)CC(C)(C)C1. The van der Waals surface area contributed by atoms with E-state index in [2.05, 4.69) is 26.1 Å². The monoisotopic (exact) mass is 290 g/mol. The maximum Gasteiger partial charge on any atom is 0.250 e. The van der Waals surface area contributed by atoms with Crippen molar-refractivity contribution < 1.29 is 9.53 Å². The van der Waals surface area contributed by atoms with E-state index in [1.165, 1.54) is 6.42 Å². The largest absolute Gasteiger partial charge is 0.399 e. The summed E-state index contributed by atoms with van der Waals surface area (Å²) in [6.45, 7) is 6.91. The van der Waals surface area contributed by atoms with Crippen LogP contribution in [0.5, 0.6) is 0 Å². The fourth-order valence-corrected chi connectivity index (χ4v) is 3.34. The van der Waals surface area contributed by atoms with E-state index in [1.807, 2.05) is 0 Å². The molecule has 1 saturated carbocycles. The number of carbonyl (C=O) groups is 1. The Morgan fingerprint density at radius 1 is 1.33 bits per heavy atom. The van der Waals surface area contributed by atoms with Gasteiger partial charge in [0.1, 0.15) is 6.61 Å². The minimum absolute atomic E-state index is 0.109. The maximum absolute atomic E-state index is 11.9. The number of carbonyl (C=O) groups excluding carboxylic acids is 1. The summed E-state index contributed by atoms with van der Waals surface area (Å²) in [6, 6.07) is 7.11. The van der Waals surface area contributed by atoms with Crippen molar-refractivity contribution in [3.05, 3.63) is 24.3 Å². The van der Waals surface area contributed by atoms with E-state index in [9.17, 15) is 4.79 Å². The molecule has 1 aliphatic carbocycles. The highest BCUT2D eigenvalue weighted by Crippen LogP contribution is 2.39. The van der Waals surface area contributed by atoms with E-state index in [-0.39, 0.29) is 18.6 Å². The van der Waals surface area contributed by atoms with Crippen molar-refractivity contribution in [1.82, 2.24) is 0 Å². The highest BCUT2D eigenvalue weighted by Gasteiger charge is 2.32. The predicted molar refractivity (Wildman–Crippen MR) is 86.0 cm³/mol. The maximum atomic E-state index is 11.9. The molecule has 0 aromatic heterocycles. The molecule has 1 amide bonds. The van der Waals surface area contributed by atoms with Gasteiger partial charge in [-0.15, -0.1) is 0 Å². The molecule has 0 heterocycles. The van der Waals surface area contributed by atoms with Crippen LogP contribution in [0.3, 0.4) is 0 Å². The lowest BCUT2D eigenvalue weighted by molar-refractivity contribution is -0.124. The molecule has 4 nitrogen and oxygen atoms in total. The molecule has 0 saturated heterocycles. The van der Waals surface area contributed by atoms with E-state index >= 15 is 0 Å². The van der Waals surface area contributed by atoms with Crippen LogP contribution in [0.25, 0.3) is 0 Å². The molecule has 2 rings (SSSR count). The summed E-state index contributed by atoms with van der Waals surface area (Å²) in [5.74, 6) is 0.537. The number of nitrogens with two attached hydrogens (primary N) is 1. The van der Waals surface area contributed by atoms with E-state index in [0.717, 1.165) is 18.5 Å². The molecule has 0 aliphatic heterocycles. The first kappa shape index (κ1) is 15.8. The van der Waals surface area contributed by atoms with Gasteiger partial charge in [-0.1, -0.05) is 20.8 Å². The third kappa shape index (κ3) is 5.05. The Morgan fingerprint density at radius 2 is 2.00 bits per heavy atom. The Bertz CT molecular complexity index is 482. The van der Waals surface area contributed by atoms with Crippen LogP contribution in [-0.2, 0) is 9.53 Å². The van der Waals surface area contributed by atoms with Gasteiger partial charge in [0.25, 0.3) is 0 Å². The van der Waals surface area contributed by atoms with E-state index < -0.39 is 0 Å². The van der Waals surface area contributed by atoms with Crippen molar-refractivity contribution in [2.24, 2.45) is 11.3 Å². The van der Waals surface area contributed by atoms with E-state index in [1.54, 1.807) is 24.3 Å². The van der Waals surface area contributed by atoms with Gasteiger partial charge in [-0.25, -0.2) is 0 Å². The van der Waals surface area contributed by atoms with Gasteiger partial charge in [0.05, 0.1) is 6.10 Å². The van der Waals surface area contributed by atoms with Gasteiger partial charge >= 0.3 is 0 Å². The van der Waals surface area contributed by atoms with Gasteiger partial charge in [-0.3, -0.25) is 4.79 Å². The number of rotatable bonds is 4. The zero-order valence-corrected chi connectivity index (χ0v) is 13.2. The van der Waals surface area contributed by atoms with Crippen LogP contribution < -0.4 is 11.1 Å². The van der Waals surface area contributed by atoms with Gasteiger partial charge in [0.2, 0.25) is 5.91 Å². The summed E-state index contributed by atoms with van der Waals surface area (Å²) >= 11 is 0. The summed E-state index contributed by atoms with van der Waals surface area (Å²) in [6.07, 6.45) is 3.47. The fourth-order valence-electron chi connectivity index (χ4n) is 3.34. The highest BCUT2D eigenvalue weighted by atomic mass is 16.5. The number of ether oxygens (including phenoxy) is 1. The Kier molecular flexibility index (Phi) is 4.88. The second kappa shape index (κ2) is 6.48. The Labute approximate surface area is 127 Å². The Balaban J connectivity index is 1.79. The van der Waals surface area contributed by atoms with Crippen molar-refractivity contribution in [3.8, 4) is 0 Å². The average Bonchev–Trinajstić information content (AvgIpc) is 2.37. The van der Waals surface area contributed by atoms with E-state index in [4.69, 9.17) is 10.5 Å². The average molecular weight is 290 g/mol. The van der Waals surface area contributed by atoms with Gasteiger partial charge in [-0.2, -0.15) is 0 Å². The zero-order valence-electron chi connectivity index (χ0n) is 13.2. The van der Waals surface area contributed by atoms with Crippen LogP contribution >= 0.6 is 0 Å². The molecule has 2 atom stereocenters. The summed E-state index contributed by atoms with van der Waals surface area (Å²) in [5, 5.41) is 2.82. The molecule has 3 N–H and O–H groups in total. The first-order valence-electron chi connectivity index (χ1n) is 7.61. The smallest absolute Gasteiger partial charge is 0.250 e. The lowest BCUT2D eigenvalue weighted by Gasteiger charge is -2.38. The molecule has 1 aromatic rings. The molecule has 4 heteroatoms. The number of nitrogens with one attached hydrogen (secondary N) is 1. The molecule has 0 radical (unpaired) electrons. The first-order chi connectivity index (χ1) is 9.84. The van der Waals surface area contributed by atoms with Gasteiger partial charge in [0, 0.05) is 11.4 Å². The number of amides is 1. The molecular formula is C17H26N2O2. The third-order valence-corrected chi connectivity index (χ3v) is 3.99. The fraction of sp³-hybridized carbons (Fsp3) is 0.588. The molecular weight excluding hydrogens is 264 g/mol. The molecule has 1 aromatic carbocycles. The minimum Gasteiger partial charge on any atom is -0.399 e. The van der Waals surface area contributed by atoms with Crippen molar-refractivity contribution in [3.63, 3.8) is 0 Å². The normalized spacial score (nSPS) is 24.5. The second-order valence-corrected chi connectivity index (χ2v) is 7.02.